The molecule has 0 aliphatic heterocycles. The topological polar surface area (TPSA) is 42.2 Å². The predicted molar refractivity (Wildman–Crippen MR) is 102 cm³/mol. The number of hydrogen-bond acceptors (Lipinski definition) is 1. The summed E-state index contributed by atoms with van der Waals surface area (Å²) in [6, 6.07) is 17.5. The van der Waals surface area contributed by atoms with E-state index >= 15 is 0 Å². The van der Waals surface area contributed by atoms with E-state index in [4.69, 9.17) is 28.3 Å². The molecule has 1 aromatic heterocycles. The average Bonchev–Trinajstić information content (AvgIpc) is 2.97. The second kappa shape index (κ2) is 7.34. The Hall–Kier alpha value is -2.23. The van der Waals surface area contributed by atoms with Crippen LogP contribution in [0.3, 0.4) is 0 Å². The maximum absolute atomic E-state index is 11.0. The van der Waals surface area contributed by atoms with E-state index in [0.717, 1.165) is 22.6 Å². The second-order valence-electron chi connectivity index (χ2n) is 5.90. The first-order valence-corrected chi connectivity index (χ1v) is 8.66. The summed E-state index contributed by atoms with van der Waals surface area (Å²) in [4.78, 5) is 11.0. The van der Waals surface area contributed by atoms with Gasteiger partial charge in [-0.2, -0.15) is 0 Å². The van der Waals surface area contributed by atoms with E-state index in [1.165, 1.54) is 5.56 Å². The van der Waals surface area contributed by atoms with E-state index < -0.39 is 5.97 Å². The number of benzene rings is 2. The molecule has 0 aliphatic rings. The number of aliphatic carboxylic acids is 1. The number of carbonyl (C=O) groups is 1. The minimum atomic E-state index is -0.827. The van der Waals surface area contributed by atoms with E-state index in [1.54, 1.807) is 12.1 Å². The summed E-state index contributed by atoms with van der Waals surface area (Å²) >= 11 is 12.4. The van der Waals surface area contributed by atoms with Crippen molar-refractivity contribution < 1.29 is 9.90 Å². The molecule has 2 aromatic carbocycles. The standard InChI is InChI=1S/C20H17Cl2NO2/c1-13-2-4-14(5-3-13)18-10-7-16(8-11-20(24)25)23(18)19-9-6-15(21)12-17(19)22/h2-7,9-10,12H,8,11H2,1H3,(H,24,25). The zero-order chi connectivity index (χ0) is 18.0. The highest BCUT2D eigenvalue weighted by Gasteiger charge is 2.15. The molecule has 0 atom stereocenters. The number of rotatable bonds is 5. The normalized spacial score (nSPS) is 10.8. The predicted octanol–water partition coefficient (Wildman–Crippen LogP) is 5.78. The first-order chi connectivity index (χ1) is 12.0. The number of nitrogens with zero attached hydrogens (tertiary/aromatic N) is 1. The lowest BCUT2D eigenvalue weighted by atomic mass is 10.1. The van der Waals surface area contributed by atoms with E-state index in [0.29, 0.717) is 16.5 Å². The highest BCUT2D eigenvalue weighted by atomic mass is 35.5. The van der Waals surface area contributed by atoms with Gasteiger partial charge >= 0.3 is 5.97 Å². The monoisotopic (exact) mass is 373 g/mol. The molecule has 128 valence electrons. The van der Waals surface area contributed by atoms with Crippen molar-refractivity contribution in [2.24, 2.45) is 0 Å². The van der Waals surface area contributed by atoms with Gasteiger partial charge in [0.05, 0.1) is 22.8 Å². The smallest absolute Gasteiger partial charge is 0.303 e. The van der Waals surface area contributed by atoms with Crippen LogP contribution in [0, 0.1) is 6.92 Å². The van der Waals surface area contributed by atoms with Crippen molar-refractivity contribution in [2.75, 3.05) is 0 Å². The molecule has 3 rings (SSSR count). The van der Waals surface area contributed by atoms with E-state index in [9.17, 15) is 4.79 Å². The lowest BCUT2D eigenvalue weighted by Crippen LogP contribution is -2.06. The molecule has 0 unspecified atom stereocenters. The van der Waals surface area contributed by atoms with Crippen molar-refractivity contribution in [3.05, 3.63) is 75.9 Å². The maximum atomic E-state index is 11.0. The summed E-state index contributed by atoms with van der Waals surface area (Å²) in [5.41, 5.74) is 4.86. The average molecular weight is 374 g/mol. The van der Waals surface area contributed by atoms with E-state index in [-0.39, 0.29) is 6.42 Å². The zero-order valence-corrected chi connectivity index (χ0v) is 15.2. The molecular weight excluding hydrogens is 357 g/mol. The lowest BCUT2D eigenvalue weighted by molar-refractivity contribution is -0.136. The van der Waals surface area contributed by atoms with Gasteiger partial charge in [0.2, 0.25) is 0 Å². The molecule has 3 nitrogen and oxygen atoms in total. The molecule has 3 aromatic rings. The number of halogens is 2. The molecule has 0 saturated heterocycles. The highest BCUT2D eigenvalue weighted by molar-refractivity contribution is 6.35. The van der Waals surface area contributed by atoms with Crippen LogP contribution >= 0.6 is 23.2 Å². The van der Waals surface area contributed by atoms with Gasteiger partial charge in [-0.3, -0.25) is 4.79 Å². The first-order valence-electron chi connectivity index (χ1n) is 7.90. The van der Waals surface area contributed by atoms with Crippen LogP contribution in [0.4, 0.5) is 0 Å². The van der Waals surface area contributed by atoms with Crippen LogP contribution in [-0.4, -0.2) is 15.6 Å². The zero-order valence-electron chi connectivity index (χ0n) is 13.7. The van der Waals surface area contributed by atoms with Crippen molar-refractivity contribution >= 4 is 29.2 Å². The third-order valence-corrected chi connectivity index (χ3v) is 4.59. The molecule has 0 fully saturated rings. The van der Waals surface area contributed by atoms with Gasteiger partial charge in [-0.1, -0.05) is 53.0 Å². The quantitative estimate of drug-likeness (QED) is 0.615. The van der Waals surface area contributed by atoms with Crippen LogP contribution in [0.1, 0.15) is 17.7 Å². The van der Waals surface area contributed by atoms with Crippen molar-refractivity contribution in [1.82, 2.24) is 4.57 Å². The van der Waals surface area contributed by atoms with Crippen LogP contribution in [-0.2, 0) is 11.2 Å². The summed E-state index contributed by atoms with van der Waals surface area (Å²) in [7, 11) is 0. The molecule has 1 heterocycles. The van der Waals surface area contributed by atoms with Gasteiger partial charge in [-0.15, -0.1) is 0 Å². The largest absolute Gasteiger partial charge is 0.481 e. The third-order valence-electron chi connectivity index (χ3n) is 4.05. The minimum Gasteiger partial charge on any atom is -0.481 e. The van der Waals surface area contributed by atoms with E-state index in [1.807, 2.05) is 54.0 Å². The Morgan fingerprint density at radius 3 is 2.40 bits per heavy atom. The SMILES string of the molecule is Cc1ccc(-c2ccc(CCC(=O)O)n2-c2ccc(Cl)cc2Cl)cc1. The van der Waals surface area contributed by atoms with Gasteiger partial charge in [0.1, 0.15) is 0 Å². The number of carboxylic acid groups (broad SMARTS) is 1. The number of hydrogen-bond donors (Lipinski definition) is 1. The van der Waals surface area contributed by atoms with Crippen LogP contribution in [0.5, 0.6) is 0 Å². The summed E-state index contributed by atoms with van der Waals surface area (Å²) in [6.45, 7) is 2.04. The van der Waals surface area contributed by atoms with Crippen molar-refractivity contribution in [2.45, 2.75) is 19.8 Å². The van der Waals surface area contributed by atoms with Crippen molar-refractivity contribution in [3.8, 4) is 16.9 Å². The first kappa shape index (κ1) is 17.6. The molecule has 0 spiro atoms. The lowest BCUT2D eigenvalue weighted by Gasteiger charge is -2.15. The van der Waals surface area contributed by atoms with Crippen LogP contribution < -0.4 is 0 Å². The van der Waals surface area contributed by atoms with Crippen LogP contribution in [0.25, 0.3) is 16.9 Å². The number of carboxylic acids is 1. The summed E-state index contributed by atoms with van der Waals surface area (Å²) in [5, 5.41) is 10.1. The maximum Gasteiger partial charge on any atom is 0.303 e. The Labute approximate surface area is 156 Å². The second-order valence-corrected chi connectivity index (χ2v) is 6.74. The summed E-state index contributed by atoms with van der Waals surface area (Å²) in [5.74, 6) is -0.827. The Morgan fingerprint density at radius 2 is 1.76 bits per heavy atom. The van der Waals surface area contributed by atoms with Gasteiger partial charge in [-0.05, 0) is 49.2 Å². The summed E-state index contributed by atoms with van der Waals surface area (Å²) < 4.78 is 2.01. The van der Waals surface area contributed by atoms with Gasteiger partial charge < -0.3 is 9.67 Å². The Bertz CT molecular complexity index is 914. The van der Waals surface area contributed by atoms with Gasteiger partial charge in [-0.25, -0.2) is 0 Å². The van der Waals surface area contributed by atoms with Gasteiger partial charge in [0.15, 0.2) is 0 Å². The van der Waals surface area contributed by atoms with E-state index in [2.05, 4.69) is 0 Å². The molecule has 0 bridgehead atoms. The third kappa shape index (κ3) is 3.89. The minimum absolute atomic E-state index is 0.0581. The Morgan fingerprint density at radius 1 is 1.04 bits per heavy atom. The van der Waals surface area contributed by atoms with Crippen LogP contribution in [0.2, 0.25) is 10.0 Å². The fourth-order valence-electron chi connectivity index (χ4n) is 2.81. The van der Waals surface area contributed by atoms with Crippen molar-refractivity contribution in [3.63, 3.8) is 0 Å². The molecule has 25 heavy (non-hydrogen) atoms. The molecule has 0 amide bonds. The van der Waals surface area contributed by atoms with Crippen LogP contribution in [0.15, 0.2) is 54.6 Å². The molecule has 0 radical (unpaired) electrons. The fraction of sp³-hybridized carbons (Fsp3) is 0.150. The molecule has 1 N–H and O–H groups in total. The number of aromatic nitrogens is 1. The number of aryl methyl sites for hydroxylation is 2. The molecule has 0 aliphatic carbocycles. The van der Waals surface area contributed by atoms with Gasteiger partial charge in [0.25, 0.3) is 0 Å². The molecule has 5 heteroatoms. The van der Waals surface area contributed by atoms with Gasteiger partial charge in [0, 0.05) is 10.7 Å². The van der Waals surface area contributed by atoms with Crippen molar-refractivity contribution in [1.29, 1.82) is 0 Å². The molecular formula is C20H17Cl2NO2. The summed E-state index contributed by atoms with van der Waals surface area (Å²) in [6.07, 6.45) is 0.475. The fourth-order valence-corrected chi connectivity index (χ4v) is 3.30. The Balaban J connectivity index is 2.15. The molecule has 0 saturated carbocycles. The highest BCUT2D eigenvalue weighted by Crippen LogP contribution is 2.32. The Kier molecular flexibility index (Phi) is 5.16.